The van der Waals surface area contributed by atoms with Crippen LogP contribution < -0.4 is 9.62 Å². The second-order valence-electron chi connectivity index (χ2n) is 6.96. The largest absolute Gasteiger partial charge is 0.296 e. The second-order valence-corrected chi connectivity index (χ2v) is 8.95. The van der Waals surface area contributed by atoms with Crippen LogP contribution in [0.1, 0.15) is 24.0 Å². The van der Waals surface area contributed by atoms with Crippen LogP contribution in [-0.2, 0) is 34.7 Å². The van der Waals surface area contributed by atoms with Gasteiger partial charge in [0, 0.05) is 19.7 Å². The molecule has 1 aliphatic heterocycles. The normalized spacial score (nSPS) is 21.2. The van der Waals surface area contributed by atoms with Gasteiger partial charge < -0.3 is 0 Å². The Balaban J connectivity index is 1.50. The van der Waals surface area contributed by atoms with E-state index in [4.69, 9.17) is 0 Å². The van der Waals surface area contributed by atoms with Gasteiger partial charge in [0.05, 0.1) is 11.4 Å². The lowest BCUT2D eigenvalue weighted by Crippen LogP contribution is -2.54. The first-order valence-corrected chi connectivity index (χ1v) is 10.4. The summed E-state index contributed by atoms with van der Waals surface area (Å²) in [6, 6.07) is 8.85. The monoisotopic (exact) mass is 374 g/mol. The van der Waals surface area contributed by atoms with E-state index in [0.717, 1.165) is 17.5 Å². The van der Waals surface area contributed by atoms with E-state index >= 15 is 0 Å². The molecule has 8 heteroatoms. The number of anilines is 1. The SMILES string of the molecule is Cn1nccc1N1CCCC(NS(=O)(=O)C2Cc3ccccc3C2)C1=O. The van der Waals surface area contributed by atoms with E-state index < -0.39 is 21.3 Å². The second kappa shape index (κ2) is 6.51. The molecule has 138 valence electrons. The molecular formula is C18H22N4O3S. The fourth-order valence-electron chi connectivity index (χ4n) is 3.88. The van der Waals surface area contributed by atoms with Gasteiger partial charge in [-0.1, -0.05) is 24.3 Å². The third-order valence-electron chi connectivity index (χ3n) is 5.27. The quantitative estimate of drug-likeness (QED) is 0.865. The van der Waals surface area contributed by atoms with Crippen molar-refractivity contribution in [1.29, 1.82) is 0 Å². The van der Waals surface area contributed by atoms with Gasteiger partial charge >= 0.3 is 0 Å². The van der Waals surface area contributed by atoms with Gasteiger partial charge in [0.2, 0.25) is 15.9 Å². The maximum Gasteiger partial charge on any atom is 0.246 e. The first kappa shape index (κ1) is 17.2. The molecule has 1 atom stereocenters. The number of piperidine rings is 1. The minimum atomic E-state index is -3.58. The molecule has 1 fully saturated rings. The van der Waals surface area contributed by atoms with Gasteiger partial charge in [-0.2, -0.15) is 5.10 Å². The van der Waals surface area contributed by atoms with Gasteiger partial charge in [-0.05, 0) is 36.8 Å². The lowest BCUT2D eigenvalue weighted by molar-refractivity contribution is -0.121. The number of nitrogens with one attached hydrogen (secondary N) is 1. The zero-order chi connectivity index (χ0) is 18.3. The van der Waals surface area contributed by atoms with Crippen molar-refractivity contribution in [2.45, 2.75) is 37.0 Å². The van der Waals surface area contributed by atoms with Crippen molar-refractivity contribution in [3.8, 4) is 0 Å². The number of aryl methyl sites for hydroxylation is 1. The van der Waals surface area contributed by atoms with Crippen LogP contribution in [0.15, 0.2) is 36.5 Å². The fraction of sp³-hybridized carbons (Fsp3) is 0.444. The van der Waals surface area contributed by atoms with E-state index in [1.54, 1.807) is 28.9 Å². The van der Waals surface area contributed by atoms with Crippen molar-refractivity contribution >= 4 is 21.7 Å². The molecule has 2 heterocycles. The minimum Gasteiger partial charge on any atom is -0.296 e. The average molecular weight is 374 g/mol. The standard InChI is InChI=1S/C18H22N4O3S/c1-21-17(8-9-19-21)22-10-4-7-16(18(22)23)20-26(24,25)15-11-13-5-2-3-6-14(13)12-15/h2-3,5-6,8-9,15-16,20H,4,7,10-12H2,1H3. The van der Waals surface area contributed by atoms with E-state index in [2.05, 4.69) is 9.82 Å². The Bertz CT molecular complexity index is 912. The molecule has 1 amide bonds. The lowest BCUT2D eigenvalue weighted by atomic mass is 10.1. The Labute approximate surface area is 153 Å². The van der Waals surface area contributed by atoms with Crippen molar-refractivity contribution < 1.29 is 13.2 Å². The van der Waals surface area contributed by atoms with Gasteiger partial charge in [-0.25, -0.2) is 13.1 Å². The lowest BCUT2D eigenvalue weighted by Gasteiger charge is -2.32. The number of aromatic nitrogens is 2. The number of hydrogen-bond acceptors (Lipinski definition) is 4. The maximum absolute atomic E-state index is 12.9. The van der Waals surface area contributed by atoms with E-state index in [1.165, 1.54) is 0 Å². The first-order chi connectivity index (χ1) is 12.5. The van der Waals surface area contributed by atoms with E-state index in [9.17, 15) is 13.2 Å². The van der Waals surface area contributed by atoms with Gasteiger partial charge in [-0.3, -0.25) is 14.4 Å². The van der Waals surface area contributed by atoms with Crippen molar-refractivity contribution in [2.24, 2.45) is 7.05 Å². The summed E-state index contributed by atoms with van der Waals surface area (Å²) in [6.07, 6.45) is 3.89. The highest BCUT2D eigenvalue weighted by Gasteiger charge is 2.38. The molecule has 1 N–H and O–H groups in total. The summed E-state index contributed by atoms with van der Waals surface area (Å²) in [5, 5.41) is 3.58. The van der Waals surface area contributed by atoms with Crippen molar-refractivity contribution in [3.05, 3.63) is 47.7 Å². The molecule has 0 radical (unpaired) electrons. The summed E-state index contributed by atoms with van der Waals surface area (Å²) in [4.78, 5) is 14.5. The number of hydrogen-bond donors (Lipinski definition) is 1. The number of carbonyl (C=O) groups is 1. The van der Waals surface area contributed by atoms with Crippen LogP contribution in [0.4, 0.5) is 5.82 Å². The first-order valence-electron chi connectivity index (χ1n) is 8.83. The van der Waals surface area contributed by atoms with Gasteiger partial charge in [0.25, 0.3) is 0 Å². The third kappa shape index (κ3) is 3.03. The number of fused-ring (bicyclic) bond motifs is 1. The summed E-state index contributed by atoms with van der Waals surface area (Å²) in [6.45, 7) is 0.575. The molecule has 4 rings (SSSR count). The third-order valence-corrected chi connectivity index (χ3v) is 7.09. The number of amides is 1. The Hall–Kier alpha value is -2.19. The number of rotatable bonds is 4. The molecule has 1 saturated heterocycles. The van der Waals surface area contributed by atoms with Crippen LogP contribution in [0.25, 0.3) is 0 Å². The highest BCUT2D eigenvalue weighted by atomic mass is 32.2. The summed E-state index contributed by atoms with van der Waals surface area (Å²) >= 11 is 0. The summed E-state index contributed by atoms with van der Waals surface area (Å²) in [5.41, 5.74) is 2.16. The molecule has 0 spiro atoms. The Kier molecular flexibility index (Phi) is 4.32. The molecular weight excluding hydrogens is 352 g/mol. The maximum atomic E-state index is 12.9. The Morgan fingerprint density at radius 1 is 1.15 bits per heavy atom. The van der Waals surface area contributed by atoms with Crippen molar-refractivity contribution in [2.75, 3.05) is 11.4 Å². The van der Waals surface area contributed by atoms with Gasteiger partial charge in [-0.15, -0.1) is 0 Å². The summed E-state index contributed by atoms with van der Waals surface area (Å²) < 4.78 is 30.1. The minimum absolute atomic E-state index is 0.209. The average Bonchev–Trinajstić information content (AvgIpc) is 3.23. The number of benzene rings is 1. The van der Waals surface area contributed by atoms with Crippen LogP contribution >= 0.6 is 0 Å². The van der Waals surface area contributed by atoms with E-state index in [-0.39, 0.29) is 5.91 Å². The topological polar surface area (TPSA) is 84.3 Å². The smallest absolute Gasteiger partial charge is 0.246 e. The van der Waals surface area contributed by atoms with E-state index in [0.29, 0.717) is 31.6 Å². The van der Waals surface area contributed by atoms with Crippen LogP contribution in [0, 0.1) is 0 Å². The molecule has 7 nitrogen and oxygen atoms in total. The van der Waals surface area contributed by atoms with Crippen LogP contribution in [-0.4, -0.2) is 41.9 Å². The van der Waals surface area contributed by atoms with Crippen molar-refractivity contribution in [1.82, 2.24) is 14.5 Å². The Morgan fingerprint density at radius 3 is 2.46 bits per heavy atom. The zero-order valence-corrected chi connectivity index (χ0v) is 15.4. The molecule has 2 aromatic rings. The molecule has 0 bridgehead atoms. The molecule has 1 aliphatic carbocycles. The molecule has 2 aliphatic rings. The predicted molar refractivity (Wildman–Crippen MR) is 98.3 cm³/mol. The predicted octanol–water partition coefficient (Wildman–Crippen LogP) is 1.00. The number of carbonyl (C=O) groups excluding carboxylic acids is 1. The van der Waals surface area contributed by atoms with Crippen LogP contribution in [0.5, 0.6) is 0 Å². The summed E-state index contributed by atoms with van der Waals surface area (Å²) in [7, 11) is -1.81. The summed E-state index contributed by atoms with van der Waals surface area (Å²) in [5.74, 6) is 0.478. The van der Waals surface area contributed by atoms with Crippen LogP contribution in [0.3, 0.4) is 0 Å². The Morgan fingerprint density at radius 2 is 1.85 bits per heavy atom. The van der Waals surface area contributed by atoms with Gasteiger partial charge in [0.1, 0.15) is 11.9 Å². The van der Waals surface area contributed by atoms with Crippen molar-refractivity contribution in [3.63, 3.8) is 0 Å². The molecule has 0 saturated carbocycles. The highest BCUT2D eigenvalue weighted by molar-refractivity contribution is 7.90. The molecule has 1 unspecified atom stereocenters. The zero-order valence-electron chi connectivity index (χ0n) is 14.6. The highest BCUT2D eigenvalue weighted by Crippen LogP contribution is 2.27. The van der Waals surface area contributed by atoms with E-state index in [1.807, 2.05) is 24.3 Å². The molecule has 26 heavy (non-hydrogen) atoms. The number of sulfonamides is 1. The molecule has 1 aromatic carbocycles. The van der Waals surface area contributed by atoms with Crippen LogP contribution in [0.2, 0.25) is 0 Å². The fourth-order valence-corrected chi connectivity index (χ4v) is 5.48. The van der Waals surface area contributed by atoms with Gasteiger partial charge in [0.15, 0.2) is 0 Å². The number of nitrogens with zero attached hydrogens (tertiary/aromatic N) is 3. The molecule has 1 aromatic heterocycles.